The highest BCUT2D eigenvalue weighted by Gasteiger charge is 2.34. The van der Waals surface area contributed by atoms with E-state index in [1.807, 2.05) is 30.5 Å². The standard InChI is InChI=1S/C22H19N3O5S2/c1-31-15-8-6-14(7-9-15)12-18-20(27)24(22(29)32-18)11-10-23-19(26)13-25-16-4-2-3-5-17(16)30-21(25)28/h2-9,12H,10-11,13H2,1H3,(H,23,26). The second-order valence-electron chi connectivity index (χ2n) is 6.88. The van der Waals surface area contributed by atoms with Crippen LogP contribution in [0.25, 0.3) is 17.2 Å². The topological polar surface area (TPSA) is 102 Å². The van der Waals surface area contributed by atoms with Crippen LogP contribution in [0.1, 0.15) is 5.56 Å². The van der Waals surface area contributed by atoms with Gasteiger partial charge in [-0.3, -0.25) is 23.9 Å². The van der Waals surface area contributed by atoms with Gasteiger partial charge in [0.1, 0.15) is 6.54 Å². The number of carbonyl (C=O) groups is 3. The van der Waals surface area contributed by atoms with Crippen LogP contribution in [0.2, 0.25) is 0 Å². The minimum atomic E-state index is -0.622. The first-order valence-corrected chi connectivity index (χ1v) is 11.7. The second-order valence-corrected chi connectivity index (χ2v) is 8.75. The maximum atomic E-state index is 12.6. The van der Waals surface area contributed by atoms with Crippen molar-refractivity contribution in [1.29, 1.82) is 0 Å². The highest BCUT2D eigenvalue weighted by atomic mass is 32.2. The van der Waals surface area contributed by atoms with Gasteiger partial charge in [-0.05, 0) is 53.9 Å². The van der Waals surface area contributed by atoms with Gasteiger partial charge in [-0.15, -0.1) is 11.8 Å². The number of benzene rings is 2. The number of oxazole rings is 1. The van der Waals surface area contributed by atoms with Crippen molar-refractivity contribution in [3.63, 3.8) is 0 Å². The molecule has 1 aliphatic heterocycles. The van der Waals surface area contributed by atoms with Gasteiger partial charge in [0.2, 0.25) is 5.91 Å². The summed E-state index contributed by atoms with van der Waals surface area (Å²) in [5.74, 6) is -1.43. The fourth-order valence-corrected chi connectivity index (χ4v) is 4.49. The molecule has 1 saturated heterocycles. The van der Waals surface area contributed by atoms with E-state index in [1.165, 1.54) is 4.57 Å². The number of nitrogens with one attached hydrogen (secondary N) is 1. The normalized spacial score (nSPS) is 15.2. The zero-order chi connectivity index (χ0) is 22.7. The van der Waals surface area contributed by atoms with E-state index in [9.17, 15) is 19.2 Å². The zero-order valence-corrected chi connectivity index (χ0v) is 18.7. The molecular formula is C22H19N3O5S2. The molecule has 1 aromatic heterocycles. The fourth-order valence-electron chi connectivity index (χ4n) is 3.21. The molecule has 0 spiro atoms. The Balaban J connectivity index is 1.34. The van der Waals surface area contributed by atoms with Crippen LogP contribution in [0, 0.1) is 0 Å². The van der Waals surface area contributed by atoms with Crippen molar-refractivity contribution < 1.29 is 18.8 Å². The number of rotatable bonds is 7. The smallest absolute Gasteiger partial charge is 0.408 e. The van der Waals surface area contributed by atoms with Gasteiger partial charge >= 0.3 is 5.76 Å². The molecular weight excluding hydrogens is 450 g/mol. The average molecular weight is 470 g/mol. The largest absolute Gasteiger partial charge is 0.420 e. The Hall–Kier alpha value is -3.24. The Morgan fingerprint density at radius 1 is 1.12 bits per heavy atom. The second kappa shape index (κ2) is 9.49. The Kier molecular flexibility index (Phi) is 6.52. The van der Waals surface area contributed by atoms with Crippen LogP contribution in [0.4, 0.5) is 4.79 Å². The summed E-state index contributed by atoms with van der Waals surface area (Å²) in [6.07, 6.45) is 3.67. The van der Waals surface area contributed by atoms with Crippen LogP contribution in [0.3, 0.4) is 0 Å². The number of nitrogens with zero attached hydrogens (tertiary/aromatic N) is 2. The van der Waals surface area contributed by atoms with Gasteiger partial charge in [0.15, 0.2) is 5.58 Å². The Labute approximate surface area is 191 Å². The first kappa shape index (κ1) is 22.0. The summed E-state index contributed by atoms with van der Waals surface area (Å²) < 4.78 is 6.34. The average Bonchev–Trinajstić information content (AvgIpc) is 3.24. The van der Waals surface area contributed by atoms with Crippen LogP contribution in [-0.4, -0.2) is 45.9 Å². The number of carbonyl (C=O) groups excluding carboxylic acids is 3. The molecule has 0 atom stereocenters. The number of thioether (sulfide) groups is 2. The van der Waals surface area contributed by atoms with E-state index >= 15 is 0 Å². The van der Waals surface area contributed by atoms with Crippen LogP contribution < -0.4 is 11.1 Å². The third kappa shape index (κ3) is 4.66. The number of amides is 3. The summed E-state index contributed by atoms with van der Waals surface area (Å²) in [5.41, 5.74) is 1.76. The highest BCUT2D eigenvalue weighted by Crippen LogP contribution is 2.32. The van der Waals surface area contributed by atoms with Crippen LogP contribution in [-0.2, 0) is 16.1 Å². The van der Waals surface area contributed by atoms with Crippen molar-refractivity contribution in [1.82, 2.24) is 14.8 Å². The van der Waals surface area contributed by atoms with Crippen molar-refractivity contribution in [3.05, 3.63) is 69.6 Å². The molecule has 3 amide bonds. The van der Waals surface area contributed by atoms with Crippen LogP contribution in [0.15, 0.2) is 67.5 Å². The van der Waals surface area contributed by atoms with E-state index in [1.54, 1.807) is 42.1 Å². The van der Waals surface area contributed by atoms with Gasteiger partial charge in [-0.25, -0.2) is 4.79 Å². The molecule has 32 heavy (non-hydrogen) atoms. The summed E-state index contributed by atoms with van der Waals surface area (Å²) in [5, 5.41) is 2.26. The predicted octanol–water partition coefficient (Wildman–Crippen LogP) is 3.17. The van der Waals surface area contributed by atoms with E-state index in [0.717, 1.165) is 27.1 Å². The summed E-state index contributed by atoms with van der Waals surface area (Å²) in [6.45, 7) is -0.0962. The monoisotopic (exact) mass is 469 g/mol. The first-order chi connectivity index (χ1) is 15.5. The maximum Gasteiger partial charge on any atom is 0.420 e. The number of aromatic nitrogens is 1. The predicted molar refractivity (Wildman–Crippen MR) is 124 cm³/mol. The molecule has 164 valence electrons. The lowest BCUT2D eigenvalue weighted by Crippen LogP contribution is -2.39. The van der Waals surface area contributed by atoms with Gasteiger partial charge in [-0.1, -0.05) is 24.3 Å². The minimum absolute atomic E-state index is 0.0419. The molecule has 4 rings (SSSR count). The summed E-state index contributed by atoms with van der Waals surface area (Å²) >= 11 is 2.50. The van der Waals surface area contributed by atoms with Gasteiger partial charge in [-0.2, -0.15) is 0 Å². The molecule has 8 nitrogen and oxygen atoms in total. The third-order valence-corrected chi connectivity index (χ3v) is 6.47. The molecule has 2 aromatic carbocycles. The highest BCUT2D eigenvalue weighted by molar-refractivity contribution is 8.18. The fraction of sp³-hybridized carbons (Fsp3) is 0.182. The summed E-state index contributed by atoms with van der Waals surface area (Å²) in [7, 11) is 0. The SMILES string of the molecule is CSc1ccc(C=C2SC(=O)N(CCNC(=O)Cn3c(=O)oc4ccccc43)C2=O)cc1. The first-order valence-electron chi connectivity index (χ1n) is 9.71. The van der Waals surface area contributed by atoms with E-state index < -0.39 is 11.7 Å². The summed E-state index contributed by atoms with van der Waals surface area (Å²) in [6, 6.07) is 14.5. The Morgan fingerprint density at radius 2 is 1.88 bits per heavy atom. The van der Waals surface area contributed by atoms with Gasteiger partial charge in [0.05, 0.1) is 10.4 Å². The molecule has 10 heteroatoms. The van der Waals surface area contributed by atoms with Crippen molar-refractivity contribution in [2.75, 3.05) is 19.3 Å². The van der Waals surface area contributed by atoms with Crippen molar-refractivity contribution in [3.8, 4) is 0 Å². The van der Waals surface area contributed by atoms with Gasteiger partial charge < -0.3 is 9.73 Å². The molecule has 0 radical (unpaired) electrons. The Morgan fingerprint density at radius 3 is 2.62 bits per heavy atom. The zero-order valence-electron chi connectivity index (χ0n) is 17.1. The van der Waals surface area contributed by atoms with E-state index in [2.05, 4.69) is 5.32 Å². The molecule has 3 aromatic rings. The lowest BCUT2D eigenvalue weighted by molar-refractivity contribution is -0.124. The summed E-state index contributed by atoms with van der Waals surface area (Å²) in [4.78, 5) is 51.7. The van der Waals surface area contributed by atoms with E-state index in [0.29, 0.717) is 16.0 Å². The number of para-hydroxylation sites is 2. The van der Waals surface area contributed by atoms with Crippen molar-refractivity contribution >= 4 is 57.8 Å². The quantitative estimate of drug-likeness (QED) is 0.419. The van der Waals surface area contributed by atoms with Crippen molar-refractivity contribution in [2.24, 2.45) is 0 Å². The van der Waals surface area contributed by atoms with Gasteiger partial charge in [0.25, 0.3) is 11.1 Å². The van der Waals surface area contributed by atoms with Crippen LogP contribution in [0.5, 0.6) is 0 Å². The van der Waals surface area contributed by atoms with E-state index in [4.69, 9.17) is 4.42 Å². The molecule has 0 unspecified atom stereocenters. The molecule has 0 saturated carbocycles. The minimum Gasteiger partial charge on any atom is -0.408 e. The number of imide groups is 1. The molecule has 1 N–H and O–H groups in total. The number of hydrogen-bond acceptors (Lipinski definition) is 7. The van der Waals surface area contributed by atoms with Crippen molar-refractivity contribution in [2.45, 2.75) is 11.4 Å². The lowest BCUT2D eigenvalue weighted by atomic mass is 10.2. The van der Waals surface area contributed by atoms with Gasteiger partial charge in [0, 0.05) is 18.0 Å². The Bertz CT molecular complexity index is 1280. The molecule has 0 aliphatic carbocycles. The third-order valence-electron chi connectivity index (χ3n) is 4.82. The number of hydrogen-bond donors (Lipinski definition) is 1. The van der Waals surface area contributed by atoms with Crippen LogP contribution >= 0.6 is 23.5 Å². The molecule has 1 fully saturated rings. The molecule has 1 aliphatic rings. The molecule has 0 bridgehead atoms. The maximum absolute atomic E-state index is 12.6. The molecule has 2 heterocycles. The van der Waals surface area contributed by atoms with E-state index in [-0.39, 0.29) is 30.8 Å². The lowest BCUT2D eigenvalue weighted by Gasteiger charge is -2.13. The number of fused-ring (bicyclic) bond motifs is 1.